The van der Waals surface area contributed by atoms with Crippen LogP contribution in [0, 0.1) is 29.7 Å². The zero-order valence-electron chi connectivity index (χ0n) is 14.5. The highest BCUT2D eigenvalue weighted by Gasteiger charge is 2.33. The zero-order chi connectivity index (χ0) is 20.0. The number of pyridine rings is 1. The van der Waals surface area contributed by atoms with Crippen LogP contribution in [0.1, 0.15) is 28.4 Å². The molecule has 138 valence electrons. The standard InChI is InChI=1S/C17H13N9O2/c1-6-7-2-3-9(27)10(14(7)28-26-6)13-11-12(20)8(4-18)15(21)24-16(11)25-17(23-13)22-5-19/h2-3,13,27H,1H3,(H6,20,21,22,23,24,25). The molecule has 0 aliphatic carbocycles. The number of aromatic nitrogens is 2. The van der Waals surface area contributed by atoms with E-state index in [0.29, 0.717) is 22.2 Å². The SMILES string of the molecule is Cc1noc2c(C3N=C(NC#N)Nc4nc(N)c(C#N)c(N)c43)c(O)ccc12. The maximum Gasteiger partial charge on any atom is 0.211 e. The van der Waals surface area contributed by atoms with E-state index in [1.165, 1.54) is 6.07 Å². The van der Waals surface area contributed by atoms with Crippen molar-refractivity contribution in [3.63, 3.8) is 0 Å². The number of nitrogens with zero attached hydrogens (tertiary/aromatic N) is 5. The number of aryl methyl sites for hydroxylation is 1. The highest BCUT2D eigenvalue weighted by atomic mass is 16.5. The Bertz CT molecular complexity index is 1250. The van der Waals surface area contributed by atoms with Gasteiger partial charge < -0.3 is 26.4 Å². The fourth-order valence-corrected chi connectivity index (χ4v) is 3.19. The van der Waals surface area contributed by atoms with Crippen molar-refractivity contribution < 1.29 is 9.63 Å². The smallest absolute Gasteiger partial charge is 0.211 e. The number of phenolic OH excluding ortho intramolecular Hbond substituents is 1. The van der Waals surface area contributed by atoms with E-state index in [-0.39, 0.29) is 40.2 Å². The third-order valence-corrected chi connectivity index (χ3v) is 4.47. The molecule has 0 bridgehead atoms. The van der Waals surface area contributed by atoms with Gasteiger partial charge in [0.25, 0.3) is 0 Å². The van der Waals surface area contributed by atoms with Crippen LogP contribution in [0.25, 0.3) is 11.0 Å². The number of rotatable bonds is 1. The monoisotopic (exact) mass is 375 g/mol. The van der Waals surface area contributed by atoms with Crippen molar-refractivity contribution in [2.75, 3.05) is 16.8 Å². The summed E-state index contributed by atoms with van der Waals surface area (Å²) in [5, 5.41) is 38.7. The first-order valence-electron chi connectivity index (χ1n) is 8.03. The minimum atomic E-state index is -0.927. The minimum Gasteiger partial charge on any atom is -0.507 e. The van der Waals surface area contributed by atoms with Crippen LogP contribution < -0.4 is 22.1 Å². The van der Waals surface area contributed by atoms with Crippen LogP contribution in [0.3, 0.4) is 0 Å². The van der Waals surface area contributed by atoms with Gasteiger partial charge in [-0.3, -0.25) is 5.32 Å². The Labute approximate surface area is 157 Å². The number of hydrogen-bond acceptors (Lipinski definition) is 11. The Morgan fingerprint density at radius 2 is 2.07 bits per heavy atom. The number of nitrogens with one attached hydrogen (secondary N) is 2. The molecular formula is C17H13N9O2. The predicted octanol–water partition coefficient (Wildman–Crippen LogP) is 1.21. The zero-order valence-corrected chi connectivity index (χ0v) is 14.5. The topological polar surface area (TPSA) is 195 Å². The van der Waals surface area contributed by atoms with Gasteiger partial charge in [-0.15, -0.1) is 0 Å². The number of hydrogen-bond donors (Lipinski definition) is 5. The summed E-state index contributed by atoms with van der Waals surface area (Å²) in [6.07, 6.45) is 1.76. The molecule has 11 heteroatoms. The average Bonchev–Trinajstić information content (AvgIpc) is 3.02. The van der Waals surface area contributed by atoms with Crippen molar-refractivity contribution in [2.24, 2.45) is 4.99 Å². The summed E-state index contributed by atoms with van der Waals surface area (Å²) in [6, 6.07) is 4.16. The van der Waals surface area contributed by atoms with Crippen molar-refractivity contribution in [1.29, 1.82) is 10.5 Å². The molecule has 3 heterocycles. The number of fused-ring (bicyclic) bond motifs is 2. The Balaban J connectivity index is 2.07. The van der Waals surface area contributed by atoms with Crippen LogP contribution in [0.5, 0.6) is 5.75 Å². The van der Waals surface area contributed by atoms with E-state index in [9.17, 15) is 10.4 Å². The number of nitrogen functional groups attached to an aromatic ring is 2. The van der Waals surface area contributed by atoms with Gasteiger partial charge in [0, 0.05) is 10.9 Å². The first kappa shape index (κ1) is 16.9. The van der Waals surface area contributed by atoms with Gasteiger partial charge in [0.1, 0.15) is 35.1 Å². The molecular weight excluding hydrogens is 362 g/mol. The largest absolute Gasteiger partial charge is 0.507 e. The second kappa shape index (κ2) is 6.03. The molecule has 3 aromatic rings. The lowest BCUT2D eigenvalue weighted by atomic mass is 9.93. The molecule has 4 rings (SSSR count). The first-order valence-corrected chi connectivity index (χ1v) is 8.03. The molecule has 0 amide bonds. The van der Waals surface area contributed by atoms with Crippen molar-refractivity contribution in [1.82, 2.24) is 15.5 Å². The van der Waals surface area contributed by atoms with E-state index in [1.807, 2.05) is 6.07 Å². The van der Waals surface area contributed by atoms with Crippen molar-refractivity contribution >= 4 is 34.3 Å². The molecule has 2 aromatic heterocycles. The lowest BCUT2D eigenvalue weighted by Crippen LogP contribution is -2.32. The summed E-state index contributed by atoms with van der Waals surface area (Å²) in [5.41, 5.74) is 13.6. The molecule has 0 saturated heterocycles. The Kier molecular flexibility index (Phi) is 3.65. The average molecular weight is 375 g/mol. The van der Waals surface area contributed by atoms with Crippen LogP contribution >= 0.6 is 0 Å². The number of benzene rings is 1. The number of nitrogens with two attached hydrogens (primary N) is 2. The summed E-state index contributed by atoms with van der Waals surface area (Å²) < 4.78 is 5.41. The van der Waals surface area contributed by atoms with Gasteiger partial charge in [-0.25, -0.2) is 9.98 Å². The number of nitriles is 2. The summed E-state index contributed by atoms with van der Waals surface area (Å²) >= 11 is 0. The second-order valence-corrected chi connectivity index (χ2v) is 6.04. The fourth-order valence-electron chi connectivity index (χ4n) is 3.19. The molecule has 28 heavy (non-hydrogen) atoms. The number of anilines is 3. The van der Waals surface area contributed by atoms with Crippen LogP contribution in [-0.4, -0.2) is 21.2 Å². The van der Waals surface area contributed by atoms with E-state index >= 15 is 0 Å². The number of aromatic hydroxyl groups is 1. The molecule has 0 spiro atoms. The number of phenols is 1. The highest BCUT2D eigenvalue weighted by molar-refractivity contribution is 5.99. The van der Waals surface area contributed by atoms with Gasteiger partial charge in [0.15, 0.2) is 11.8 Å². The fraction of sp³-hybridized carbons (Fsp3) is 0.118. The van der Waals surface area contributed by atoms with E-state index in [0.717, 1.165) is 0 Å². The third-order valence-electron chi connectivity index (χ3n) is 4.47. The highest BCUT2D eigenvalue weighted by Crippen LogP contribution is 2.45. The van der Waals surface area contributed by atoms with Gasteiger partial charge in [-0.1, -0.05) is 5.16 Å². The quantitative estimate of drug-likeness (QED) is 0.304. The molecule has 0 fully saturated rings. The number of guanidine groups is 1. The van der Waals surface area contributed by atoms with Crippen molar-refractivity contribution in [2.45, 2.75) is 13.0 Å². The molecule has 1 aromatic carbocycles. The molecule has 1 aliphatic rings. The van der Waals surface area contributed by atoms with Crippen LogP contribution in [0.4, 0.5) is 17.3 Å². The molecule has 1 atom stereocenters. The van der Waals surface area contributed by atoms with Crippen LogP contribution in [-0.2, 0) is 0 Å². The first-order chi connectivity index (χ1) is 13.5. The molecule has 1 unspecified atom stereocenters. The third kappa shape index (κ3) is 2.31. The second-order valence-electron chi connectivity index (χ2n) is 6.04. The van der Waals surface area contributed by atoms with Crippen LogP contribution in [0.15, 0.2) is 21.6 Å². The lowest BCUT2D eigenvalue weighted by Gasteiger charge is -2.26. The predicted molar refractivity (Wildman–Crippen MR) is 99.8 cm³/mol. The molecule has 0 saturated carbocycles. The maximum absolute atomic E-state index is 10.6. The summed E-state index contributed by atoms with van der Waals surface area (Å²) in [5.74, 6) is 0.0977. The normalized spacial score (nSPS) is 15.1. The van der Waals surface area contributed by atoms with Gasteiger partial charge in [0.2, 0.25) is 5.96 Å². The van der Waals surface area contributed by atoms with E-state index in [4.69, 9.17) is 21.3 Å². The minimum absolute atomic E-state index is 0.00198. The molecule has 0 radical (unpaired) electrons. The van der Waals surface area contributed by atoms with Crippen LogP contribution in [0.2, 0.25) is 0 Å². The van der Waals surface area contributed by atoms with E-state index in [2.05, 4.69) is 25.8 Å². The van der Waals surface area contributed by atoms with Crippen molar-refractivity contribution in [3.8, 4) is 18.0 Å². The van der Waals surface area contributed by atoms with Gasteiger partial charge in [-0.05, 0) is 19.1 Å². The Morgan fingerprint density at radius 3 is 2.79 bits per heavy atom. The van der Waals surface area contributed by atoms with Gasteiger partial charge in [0.05, 0.1) is 16.9 Å². The van der Waals surface area contributed by atoms with E-state index < -0.39 is 6.04 Å². The van der Waals surface area contributed by atoms with Gasteiger partial charge >= 0.3 is 0 Å². The molecule has 7 N–H and O–H groups in total. The Hall–Kier alpha value is -4.51. The lowest BCUT2D eigenvalue weighted by molar-refractivity contribution is 0.436. The summed E-state index contributed by atoms with van der Waals surface area (Å²) in [4.78, 5) is 8.60. The van der Waals surface area contributed by atoms with Gasteiger partial charge in [-0.2, -0.15) is 10.5 Å². The maximum atomic E-state index is 10.6. The van der Waals surface area contributed by atoms with E-state index in [1.54, 1.807) is 19.2 Å². The Morgan fingerprint density at radius 1 is 1.29 bits per heavy atom. The summed E-state index contributed by atoms with van der Waals surface area (Å²) in [6.45, 7) is 1.76. The summed E-state index contributed by atoms with van der Waals surface area (Å²) in [7, 11) is 0. The molecule has 11 nitrogen and oxygen atoms in total. The van der Waals surface area contributed by atoms with Crippen molar-refractivity contribution in [3.05, 3.63) is 34.5 Å². The molecule has 1 aliphatic heterocycles. The number of aliphatic imine (C=N–C) groups is 1.